The molecule has 0 spiro atoms. The van der Waals surface area contributed by atoms with E-state index in [0.717, 1.165) is 23.3 Å². The lowest BCUT2D eigenvalue weighted by Crippen LogP contribution is -2.34. The standard InChI is InChI=1S/C27H28N8O5/c1-18(36)32-9-2-10-33(12-11-32)27-30-25(28-14-20-5-8-22-23(13-20)40-17-39-22)24-26(31-27)34(16-29-24)15-19-3-6-21(7-4-19)35(37)38/h3-8,13,16H,2,9-12,14-15,17H2,1H3,(H,28,30,31). The summed E-state index contributed by atoms with van der Waals surface area (Å²) in [4.78, 5) is 40.9. The second-order valence-corrected chi connectivity index (χ2v) is 9.73. The van der Waals surface area contributed by atoms with Crippen LogP contribution >= 0.6 is 0 Å². The average Bonchev–Trinajstić information content (AvgIpc) is 3.50. The molecule has 6 rings (SSSR count). The number of benzene rings is 2. The van der Waals surface area contributed by atoms with Crippen molar-refractivity contribution in [3.63, 3.8) is 0 Å². The van der Waals surface area contributed by atoms with E-state index in [1.54, 1.807) is 25.4 Å². The van der Waals surface area contributed by atoms with Crippen molar-refractivity contribution in [3.05, 3.63) is 70.0 Å². The van der Waals surface area contributed by atoms with E-state index >= 15 is 0 Å². The monoisotopic (exact) mass is 544 g/mol. The molecule has 206 valence electrons. The molecule has 0 saturated carbocycles. The first kappa shape index (κ1) is 25.3. The second-order valence-electron chi connectivity index (χ2n) is 9.73. The summed E-state index contributed by atoms with van der Waals surface area (Å²) in [6, 6.07) is 12.2. The summed E-state index contributed by atoms with van der Waals surface area (Å²) in [7, 11) is 0. The molecule has 0 atom stereocenters. The van der Waals surface area contributed by atoms with Crippen LogP contribution in [-0.4, -0.2) is 68.2 Å². The lowest BCUT2D eigenvalue weighted by Gasteiger charge is -2.22. The molecule has 2 aliphatic rings. The molecule has 0 unspecified atom stereocenters. The van der Waals surface area contributed by atoms with E-state index in [2.05, 4.69) is 15.2 Å². The van der Waals surface area contributed by atoms with E-state index in [4.69, 9.17) is 19.4 Å². The number of amides is 1. The van der Waals surface area contributed by atoms with Gasteiger partial charge in [-0.25, -0.2) is 4.98 Å². The molecule has 2 aliphatic heterocycles. The highest BCUT2D eigenvalue weighted by molar-refractivity contribution is 5.84. The van der Waals surface area contributed by atoms with Crippen LogP contribution in [0, 0.1) is 10.1 Å². The zero-order valence-electron chi connectivity index (χ0n) is 21.9. The fraction of sp³-hybridized carbons (Fsp3) is 0.333. The molecule has 13 heteroatoms. The SMILES string of the molecule is CC(=O)N1CCCN(c2nc(NCc3ccc4c(c3)OCO4)c3ncn(Cc4ccc([N+](=O)[O-])cc4)c3n2)CC1. The Bertz CT molecular complexity index is 1570. The normalized spacial score (nSPS) is 14.8. The molecule has 0 bridgehead atoms. The minimum Gasteiger partial charge on any atom is -0.454 e. The van der Waals surface area contributed by atoms with Gasteiger partial charge in [0.05, 0.1) is 17.8 Å². The largest absolute Gasteiger partial charge is 0.454 e. The number of imidazole rings is 1. The molecule has 1 saturated heterocycles. The highest BCUT2D eigenvalue weighted by atomic mass is 16.7. The van der Waals surface area contributed by atoms with E-state index in [-0.39, 0.29) is 18.4 Å². The van der Waals surface area contributed by atoms with Gasteiger partial charge in [-0.3, -0.25) is 14.9 Å². The number of nitrogens with zero attached hydrogens (tertiary/aromatic N) is 7. The molecule has 1 fully saturated rings. The lowest BCUT2D eigenvalue weighted by molar-refractivity contribution is -0.384. The van der Waals surface area contributed by atoms with Crippen molar-refractivity contribution >= 4 is 34.5 Å². The predicted molar refractivity (Wildman–Crippen MR) is 146 cm³/mol. The van der Waals surface area contributed by atoms with Crippen LogP contribution in [-0.2, 0) is 17.9 Å². The summed E-state index contributed by atoms with van der Waals surface area (Å²) >= 11 is 0. The van der Waals surface area contributed by atoms with Crippen LogP contribution in [0.1, 0.15) is 24.5 Å². The number of ether oxygens (including phenoxy) is 2. The quantitative estimate of drug-likeness (QED) is 0.272. The first-order valence-electron chi connectivity index (χ1n) is 13.0. The number of carbonyl (C=O) groups excluding carboxylic acids is 1. The topological polar surface area (TPSA) is 141 Å². The molecule has 1 amide bonds. The minimum atomic E-state index is -0.414. The van der Waals surface area contributed by atoms with Gasteiger partial charge in [-0.05, 0) is 29.7 Å². The number of hydrogen-bond donors (Lipinski definition) is 1. The number of nitro benzene ring substituents is 1. The van der Waals surface area contributed by atoms with Crippen LogP contribution in [0.3, 0.4) is 0 Å². The fourth-order valence-corrected chi connectivity index (χ4v) is 4.90. The number of rotatable bonds is 7. The summed E-state index contributed by atoms with van der Waals surface area (Å²) in [6.45, 7) is 5.34. The Morgan fingerprint density at radius 2 is 1.82 bits per heavy atom. The van der Waals surface area contributed by atoms with E-state index < -0.39 is 4.92 Å². The molecule has 2 aromatic heterocycles. The number of nitrogens with one attached hydrogen (secondary N) is 1. The summed E-state index contributed by atoms with van der Waals surface area (Å²) in [5, 5.41) is 14.5. The zero-order chi connectivity index (χ0) is 27.6. The number of hydrogen-bond acceptors (Lipinski definition) is 10. The van der Waals surface area contributed by atoms with Gasteiger partial charge in [0.1, 0.15) is 0 Å². The van der Waals surface area contributed by atoms with Crippen molar-refractivity contribution in [1.82, 2.24) is 24.4 Å². The van der Waals surface area contributed by atoms with Crippen LogP contribution in [0.15, 0.2) is 48.8 Å². The highest BCUT2D eigenvalue weighted by Crippen LogP contribution is 2.33. The van der Waals surface area contributed by atoms with Crippen molar-refractivity contribution in [2.45, 2.75) is 26.4 Å². The maximum absolute atomic E-state index is 12.0. The van der Waals surface area contributed by atoms with Crippen LogP contribution in [0.25, 0.3) is 11.2 Å². The number of aromatic nitrogens is 4. The Labute approximate surface area is 229 Å². The van der Waals surface area contributed by atoms with Gasteiger partial charge in [-0.2, -0.15) is 9.97 Å². The predicted octanol–water partition coefficient (Wildman–Crippen LogP) is 3.18. The van der Waals surface area contributed by atoms with Crippen molar-refractivity contribution in [2.75, 3.05) is 43.2 Å². The Morgan fingerprint density at radius 3 is 2.62 bits per heavy atom. The van der Waals surface area contributed by atoms with Gasteiger partial charge in [0.25, 0.3) is 5.69 Å². The number of nitro groups is 1. The number of non-ortho nitro benzene ring substituents is 1. The Morgan fingerprint density at radius 1 is 1.02 bits per heavy atom. The van der Waals surface area contributed by atoms with Crippen molar-refractivity contribution in [2.24, 2.45) is 0 Å². The highest BCUT2D eigenvalue weighted by Gasteiger charge is 2.22. The molecule has 4 aromatic rings. The Hall–Kier alpha value is -4.94. The summed E-state index contributed by atoms with van der Waals surface area (Å²) in [6.07, 6.45) is 2.51. The first-order chi connectivity index (χ1) is 19.4. The van der Waals surface area contributed by atoms with Crippen molar-refractivity contribution in [3.8, 4) is 11.5 Å². The van der Waals surface area contributed by atoms with E-state index in [0.29, 0.717) is 67.9 Å². The van der Waals surface area contributed by atoms with E-state index in [1.807, 2.05) is 27.7 Å². The smallest absolute Gasteiger partial charge is 0.269 e. The van der Waals surface area contributed by atoms with Gasteiger partial charge in [0.2, 0.25) is 18.6 Å². The molecule has 40 heavy (non-hydrogen) atoms. The molecule has 2 aromatic carbocycles. The van der Waals surface area contributed by atoms with Gasteiger partial charge in [0, 0.05) is 51.8 Å². The van der Waals surface area contributed by atoms with Crippen molar-refractivity contribution in [1.29, 1.82) is 0 Å². The number of carbonyl (C=O) groups is 1. The molecule has 0 aliphatic carbocycles. The van der Waals surface area contributed by atoms with Crippen LogP contribution in [0.5, 0.6) is 11.5 Å². The number of fused-ring (bicyclic) bond motifs is 2. The third-order valence-corrected chi connectivity index (χ3v) is 7.07. The van der Waals surface area contributed by atoms with Crippen LogP contribution in [0.4, 0.5) is 17.5 Å². The first-order valence-corrected chi connectivity index (χ1v) is 13.0. The third kappa shape index (κ3) is 5.17. The van der Waals surface area contributed by atoms with Crippen molar-refractivity contribution < 1.29 is 19.2 Å². The average molecular weight is 545 g/mol. The van der Waals surface area contributed by atoms with Gasteiger partial charge >= 0.3 is 0 Å². The van der Waals surface area contributed by atoms with Gasteiger partial charge < -0.3 is 29.2 Å². The maximum atomic E-state index is 12.0. The molecular weight excluding hydrogens is 516 g/mol. The fourth-order valence-electron chi connectivity index (χ4n) is 4.90. The van der Waals surface area contributed by atoms with E-state index in [1.165, 1.54) is 12.1 Å². The Balaban J connectivity index is 1.32. The Kier molecular flexibility index (Phi) is 6.76. The van der Waals surface area contributed by atoms with Crippen LogP contribution < -0.4 is 19.7 Å². The van der Waals surface area contributed by atoms with E-state index in [9.17, 15) is 14.9 Å². The molecule has 1 N–H and O–H groups in total. The molecule has 13 nitrogen and oxygen atoms in total. The second kappa shape index (κ2) is 10.7. The van der Waals surface area contributed by atoms with Gasteiger partial charge in [-0.1, -0.05) is 18.2 Å². The summed E-state index contributed by atoms with van der Waals surface area (Å²) in [5.41, 5.74) is 3.18. The van der Waals surface area contributed by atoms with Gasteiger partial charge in [-0.15, -0.1) is 0 Å². The molecular formula is C27H28N8O5. The maximum Gasteiger partial charge on any atom is 0.269 e. The molecule has 4 heterocycles. The van der Waals surface area contributed by atoms with Gasteiger partial charge in [0.15, 0.2) is 28.5 Å². The zero-order valence-corrected chi connectivity index (χ0v) is 21.9. The number of anilines is 2. The lowest BCUT2D eigenvalue weighted by atomic mass is 10.2. The minimum absolute atomic E-state index is 0.0413. The molecule has 0 radical (unpaired) electrons. The summed E-state index contributed by atoms with van der Waals surface area (Å²) < 4.78 is 12.8. The van der Waals surface area contributed by atoms with Crippen LogP contribution in [0.2, 0.25) is 0 Å². The summed E-state index contributed by atoms with van der Waals surface area (Å²) in [5.74, 6) is 2.64. The third-order valence-electron chi connectivity index (χ3n) is 7.07.